The number of hydrogen-bond acceptors (Lipinski definition) is 6. The first kappa shape index (κ1) is 27.2. The highest BCUT2D eigenvalue weighted by atomic mass is 16.5. The van der Waals surface area contributed by atoms with Crippen molar-refractivity contribution < 1.29 is 19.1 Å². The van der Waals surface area contributed by atoms with Gasteiger partial charge in [-0.15, -0.1) is 0 Å². The molecule has 6 nitrogen and oxygen atoms in total. The lowest BCUT2D eigenvalue weighted by molar-refractivity contribution is 0.0480. The van der Waals surface area contributed by atoms with Gasteiger partial charge in [-0.25, -0.2) is 19.6 Å². The second-order valence-electron chi connectivity index (χ2n) is 10.8. The Morgan fingerprint density at radius 3 is 1.42 bits per heavy atom. The van der Waals surface area contributed by atoms with E-state index in [-0.39, 0.29) is 0 Å². The summed E-state index contributed by atoms with van der Waals surface area (Å²) in [5.41, 5.74) is 5.23. The molecule has 0 aliphatic heterocycles. The van der Waals surface area contributed by atoms with Crippen LogP contribution in [0.2, 0.25) is 0 Å². The smallest absolute Gasteiger partial charge is 0.338 e. The Morgan fingerprint density at radius 2 is 1.05 bits per heavy atom. The number of benzene rings is 2. The normalized spacial score (nSPS) is 11.5. The Hall–Kier alpha value is -3.80. The molecule has 2 aromatic carbocycles. The fourth-order valence-corrected chi connectivity index (χ4v) is 4.21. The number of aromatic nitrogens is 2. The first-order valence-corrected chi connectivity index (χ1v) is 13.3. The van der Waals surface area contributed by atoms with E-state index in [4.69, 9.17) is 19.4 Å². The SMILES string of the molecule is Cc1ccc2nc(-c3cc(C(=O)OCCC(C)C)c4cc(C)ccc4n3)cc(C(=O)OCCC(C)C)c2c1. The summed E-state index contributed by atoms with van der Waals surface area (Å²) in [7, 11) is 0. The third-order valence-corrected chi connectivity index (χ3v) is 6.49. The van der Waals surface area contributed by atoms with E-state index >= 15 is 0 Å². The van der Waals surface area contributed by atoms with Gasteiger partial charge >= 0.3 is 11.9 Å². The molecule has 0 amide bonds. The number of hydrogen-bond donors (Lipinski definition) is 0. The van der Waals surface area contributed by atoms with Crippen LogP contribution < -0.4 is 0 Å². The molecule has 198 valence electrons. The number of rotatable bonds is 9. The summed E-state index contributed by atoms with van der Waals surface area (Å²) in [6, 6.07) is 15.0. The van der Waals surface area contributed by atoms with Crippen molar-refractivity contribution >= 4 is 33.7 Å². The third kappa shape index (κ3) is 6.36. The highest BCUT2D eigenvalue weighted by molar-refractivity contribution is 6.06. The van der Waals surface area contributed by atoms with Gasteiger partial charge in [0, 0.05) is 10.8 Å². The van der Waals surface area contributed by atoms with Crippen molar-refractivity contribution in [3.05, 3.63) is 70.8 Å². The fourth-order valence-electron chi connectivity index (χ4n) is 4.21. The maximum atomic E-state index is 13.2. The largest absolute Gasteiger partial charge is 0.462 e. The molecular formula is C32H36N2O4. The van der Waals surface area contributed by atoms with Crippen molar-refractivity contribution in [1.29, 1.82) is 0 Å². The molecule has 0 bridgehead atoms. The molecule has 0 atom stereocenters. The van der Waals surface area contributed by atoms with Crippen LogP contribution in [0.5, 0.6) is 0 Å². The molecule has 6 heteroatoms. The van der Waals surface area contributed by atoms with E-state index in [9.17, 15) is 9.59 Å². The molecule has 0 spiro atoms. The number of ether oxygens (including phenoxy) is 2. The number of aryl methyl sites for hydroxylation is 2. The number of fused-ring (bicyclic) bond motifs is 2. The quantitative estimate of drug-likeness (QED) is 0.216. The van der Waals surface area contributed by atoms with E-state index < -0.39 is 11.9 Å². The molecule has 38 heavy (non-hydrogen) atoms. The van der Waals surface area contributed by atoms with E-state index in [0.29, 0.717) is 58.6 Å². The van der Waals surface area contributed by atoms with Crippen LogP contribution in [-0.2, 0) is 9.47 Å². The maximum absolute atomic E-state index is 13.2. The van der Waals surface area contributed by atoms with Crippen molar-refractivity contribution in [1.82, 2.24) is 9.97 Å². The van der Waals surface area contributed by atoms with E-state index in [1.54, 1.807) is 12.1 Å². The number of carbonyl (C=O) groups is 2. The van der Waals surface area contributed by atoms with E-state index in [1.165, 1.54) is 0 Å². The molecule has 0 saturated carbocycles. The highest BCUT2D eigenvalue weighted by Gasteiger charge is 2.20. The van der Waals surface area contributed by atoms with E-state index in [1.807, 2.05) is 50.2 Å². The summed E-state index contributed by atoms with van der Waals surface area (Å²) in [4.78, 5) is 36.0. The summed E-state index contributed by atoms with van der Waals surface area (Å²) >= 11 is 0. The van der Waals surface area contributed by atoms with Gasteiger partial charge < -0.3 is 9.47 Å². The zero-order chi connectivity index (χ0) is 27.4. The van der Waals surface area contributed by atoms with Crippen LogP contribution in [0.3, 0.4) is 0 Å². The zero-order valence-corrected chi connectivity index (χ0v) is 23.1. The summed E-state index contributed by atoms with van der Waals surface area (Å²) in [5.74, 6) is 0.0714. The molecule has 0 saturated heterocycles. The van der Waals surface area contributed by atoms with Gasteiger partial charge in [-0.1, -0.05) is 51.0 Å². The molecule has 2 heterocycles. The lowest BCUT2D eigenvalue weighted by atomic mass is 10.0. The van der Waals surface area contributed by atoms with Gasteiger partial charge in [0.2, 0.25) is 0 Å². The van der Waals surface area contributed by atoms with Crippen LogP contribution in [0.25, 0.3) is 33.2 Å². The lowest BCUT2D eigenvalue weighted by Crippen LogP contribution is -2.11. The lowest BCUT2D eigenvalue weighted by Gasteiger charge is -2.13. The molecule has 0 aliphatic carbocycles. The van der Waals surface area contributed by atoms with Crippen LogP contribution in [0, 0.1) is 25.7 Å². The van der Waals surface area contributed by atoms with Crippen molar-refractivity contribution in [2.75, 3.05) is 13.2 Å². The average Bonchev–Trinajstić information content (AvgIpc) is 2.86. The molecule has 0 unspecified atom stereocenters. The fraction of sp³-hybridized carbons (Fsp3) is 0.375. The summed E-state index contributed by atoms with van der Waals surface area (Å²) in [6.07, 6.45) is 1.57. The van der Waals surface area contributed by atoms with Crippen molar-refractivity contribution in [3.8, 4) is 11.4 Å². The number of carbonyl (C=O) groups excluding carboxylic acids is 2. The molecule has 0 fully saturated rings. The van der Waals surface area contributed by atoms with E-state index in [0.717, 1.165) is 34.7 Å². The standard InChI is InChI=1S/C32H36N2O4/c1-19(2)11-13-37-31(35)25-17-29(33-27-9-7-21(5)15-23(25)27)30-18-26(32(36)38-14-12-20(3)4)24-16-22(6)8-10-28(24)34-30/h7-10,15-20H,11-14H2,1-6H3. The second kappa shape index (κ2) is 11.7. The minimum absolute atomic E-state index is 0.349. The predicted molar refractivity (Wildman–Crippen MR) is 151 cm³/mol. The molecule has 2 aromatic heterocycles. The Balaban J connectivity index is 1.82. The summed E-state index contributed by atoms with van der Waals surface area (Å²) < 4.78 is 11.3. The monoisotopic (exact) mass is 512 g/mol. The van der Waals surface area contributed by atoms with Gasteiger partial charge in [0.15, 0.2) is 0 Å². The minimum atomic E-state index is -0.394. The molecular weight excluding hydrogens is 476 g/mol. The van der Waals surface area contributed by atoms with Gasteiger partial charge in [-0.2, -0.15) is 0 Å². The van der Waals surface area contributed by atoms with Crippen molar-refractivity contribution in [2.45, 2.75) is 54.4 Å². The number of esters is 2. The predicted octanol–water partition coefficient (Wildman–Crippen LogP) is 7.47. The molecule has 0 radical (unpaired) electrons. The van der Waals surface area contributed by atoms with Gasteiger partial charge in [0.1, 0.15) is 0 Å². The molecule has 4 rings (SSSR count). The van der Waals surface area contributed by atoms with Crippen LogP contribution in [0.4, 0.5) is 0 Å². The molecule has 4 aromatic rings. The Bertz CT molecular complexity index is 1380. The zero-order valence-electron chi connectivity index (χ0n) is 23.1. The Kier molecular flexibility index (Phi) is 8.40. The van der Waals surface area contributed by atoms with Gasteiger partial charge in [0.25, 0.3) is 0 Å². The van der Waals surface area contributed by atoms with Gasteiger partial charge in [-0.3, -0.25) is 0 Å². The van der Waals surface area contributed by atoms with Crippen molar-refractivity contribution in [3.63, 3.8) is 0 Å². The van der Waals surface area contributed by atoms with Crippen LogP contribution in [0.1, 0.15) is 72.4 Å². The number of pyridine rings is 2. The first-order chi connectivity index (χ1) is 18.1. The maximum Gasteiger partial charge on any atom is 0.338 e. The van der Waals surface area contributed by atoms with Gasteiger partial charge in [-0.05, 0) is 74.9 Å². The summed E-state index contributed by atoms with van der Waals surface area (Å²) in [5, 5.41) is 1.46. The van der Waals surface area contributed by atoms with Gasteiger partial charge in [0.05, 0.1) is 46.8 Å². The first-order valence-electron chi connectivity index (χ1n) is 13.3. The summed E-state index contributed by atoms with van der Waals surface area (Å²) in [6.45, 7) is 13.0. The Labute approximate surface area is 224 Å². The van der Waals surface area contributed by atoms with E-state index in [2.05, 4.69) is 27.7 Å². The highest BCUT2D eigenvalue weighted by Crippen LogP contribution is 2.29. The third-order valence-electron chi connectivity index (χ3n) is 6.49. The van der Waals surface area contributed by atoms with Crippen LogP contribution in [-0.4, -0.2) is 35.1 Å². The minimum Gasteiger partial charge on any atom is -0.462 e. The average molecular weight is 513 g/mol. The van der Waals surface area contributed by atoms with Crippen molar-refractivity contribution in [2.24, 2.45) is 11.8 Å². The topological polar surface area (TPSA) is 78.4 Å². The Morgan fingerprint density at radius 1 is 0.658 bits per heavy atom. The van der Waals surface area contributed by atoms with Crippen LogP contribution in [0.15, 0.2) is 48.5 Å². The second-order valence-corrected chi connectivity index (χ2v) is 10.8. The van der Waals surface area contributed by atoms with Crippen LogP contribution >= 0.6 is 0 Å². The number of nitrogens with zero attached hydrogens (tertiary/aromatic N) is 2. The molecule has 0 aliphatic rings. The molecule has 0 N–H and O–H groups in total.